The summed E-state index contributed by atoms with van der Waals surface area (Å²) in [6.45, 7) is 4.68. The molecule has 0 aliphatic rings. The minimum Gasteiger partial charge on any atom is -0.337 e. The fraction of sp³-hybridized carbons (Fsp3) is 0.357. The molecule has 0 aliphatic heterocycles. The number of nitrogens with zero attached hydrogens (tertiary/aromatic N) is 2. The molecule has 96 valence electrons. The molecule has 2 rings (SSSR count). The van der Waals surface area contributed by atoms with Crippen molar-refractivity contribution in [3.63, 3.8) is 0 Å². The van der Waals surface area contributed by atoms with Gasteiger partial charge < -0.3 is 9.88 Å². The highest BCUT2D eigenvalue weighted by molar-refractivity contribution is 5.15. The Morgan fingerprint density at radius 1 is 1.28 bits per heavy atom. The van der Waals surface area contributed by atoms with E-state index in [9.17, 15) is 4.39 Å². The summed E-state index contributed by atoms with van der Waals surface area (Å²) in [6.07, 6.45) is 4.95. The van der Waals surface area contributed by atoms with E-state index in [1.54, 1.807) is 0 Å². The largest absolute Gasteiger partial charge is 0.337 e. The molecule has 0 amide bonds. The topological polar surface area (TPSA) is 29.9 Å². The van der Waals surface area contributed by atoms with E-state index in [1.807, 2.05) is 31.6 Å². The normalized spacial score (nSPS) is 10.8. The molecule has 18 heavy (non-hydrogen) atoms. The third-order valence-electron chi connectivity index (χ3n) is 2.77. The van der Waals surface area contributed by atoms with Crippen molar-refractivity contribution in [3.05, 3.63) is 53.9 Å². The van der Waals surface area contributed by atoms with Crippen LogP contribution in [0.15, 0.2) is 36.8 Å². The lowest BCUT2D eigenvalue weighted by Crippen LogP contribution is -2.16. The molecule has 0 radical (unpaired) electrons. The summed E-state index contributed by atoms with van der Waals surface area (Å²) < 4.78 is 14.8. The molecule has 0 saturated heterocycles. The molecule has 0 saturated carbocycles. The SMILES string of the molecule is Cc1cn(CCCNCc2ccc(F)cc2)cn1. The van der Waals surface area contributed by atoms with Gasteiger partial charge in [0.2, 0.25) is 0 Å². The zero-order valence-electron chi connectivity index (χ0n) is 10.6. The summed E-state index contributed by atoms with van der Waals surface area (Å²) in [5.41, 5.74) is 2.16. The molecule has 4 heteroatoms. The summed E-state index contributed by atoms with van der Waals surface area (Å²) >= 11 is 0. The van der Waals surface area contributed by atoms with Gasteiger partial charge >= 0.3 is 0 Å². The van der Waals surface area contributed by atoms with E-state index in [-0.39, 0.29) is 5.82 Å². The summed E-state index contributed by atoms with van der Waals surface area (Å²) in [6, 6.07) is 6.60. The van der Waals surface area contributed by atoms with E-state index in [0.717, 1.165) is 37.3 Å². The van der Waals surface area contributed by atoms with Crippen LogP contribution in [-0.4, -0.2) is 16.1 Å². The number of aromatic nitrogens is 2. The molecule has 0 aliphatic carbocycles. The van der Waals surface area contributed by atoms with Gasteiger partial charge in [-0.15, -0.1) is 0 Å². The quantitative estimate of drug-likeness (QED) is 0.795. The number of hydrogen-bond acceptors (Lipinski definition) is 2. The highest BCUT2D eigenvalue weighted by Gasteiger charge is 1.95. The lowest BCUT2D eigenvalue weighted by Gasteiger charge is -2.05. The molecule has 0 fully saturated rings. The maximum Gasteiger partial charge on any atom is 0.123 e. The van der Waals surface area contributed by atoms with Crippen molar-refractivity contribution in [2.75, 3.05) is 6.54 Å². The first-order chi connectivity index (χ1) is 8.74. The molecule has 0 unspecified atom stereocenters. The summed E-state index contributed by atoms with van der Waals surface area (Å²) in [4.78, 5) is 4.18. The lowest BCUT2D eigenvalue weighted by atomic mass is 10.2. The highest BCUT2D eigenvalue weighted by atomic mass is 19.1. The smallest absolute Gasteiger partial charge is 0.123 e. The molecule has 0 spiro atoms. The molecule has 1 aromatic carbocycles. The van der Waals surface area contributed by atoms with Crippen LogP contribution in [0, 0.1) is 12.7 Å². The van der Waals surface area contributed by atoms with Gasteiger partial charge in [0.25, 0.3) is 0 Å². The van der Waals surface area contributed by atoms with Gasteiger partial charge in [-0.05, 0) is 37.6 Å². The zero-order valence-corrected chi connectivity index (χ0v) is 10.6. The Kier molecular flexibility index (Phi) is 4.47. The van der Waals surface area contributed by atoms with Gasteiger partial charge in [0.15, 0.2) is 0 Å². The molecule has 2 aromatic rings. The average molecular weight is 247 g/mol. The zero-order chi connectivity index (χ0) is 12.8. The van der Waals surface area contributed by atoms with Crippen LogP contribution >= 0.6 is 0 Å². The first kappa shape index (κ1) is 12.8. The van der Waals surface area contributed by atoms with Gasteiger partial charge in [0.1, 0.15) is 5.82 Å². The predicted molar refractivity (Wildman–Crippen MR) is 69.7 cm³/mol. The van der Waals surface area contributed by atoms with E-state index < -0.39 is 0 Å². The summed E-state index contributed by atoms with van der Waals surface area (Å²) in [5, 5.41) is 3.34. The van der Waals surface area contributed by atoms with Crippen LogP contribution < -0.4 is 5.32 Å². The number of hydrogen-bond donors (Lipinski definition) is 1. The second kappa shape index (κ2) is 6.31. The molecular formula is C14H18FN3. The van der Waals surface area contributed by atoms with Crippen molar-refractivity contribution in [1.29, 1.82) is 0 Å². The second-order valence-corrected chi connectivity index (χ2v) is 4.41. The fourth-order valence-corrected chi connectivity index (χ4v) is 1.82. The maximum atomic E-state index is 12.7. The van der Waals surface area contributed by atoms with Crippen LogP contribution in [0.25, 0.3) is 0 Å². The van der Waals surface area contributed by atoms with E-state index in [2.05, 4.69) is 14.9 Å². The molecule has 3 nitrogen and oxygen atoms in total. The first-order valence-corrected chi connectivity index (χ1v) is 6.17. The van der Waals surface area contributed by atoms with Crippen molar-refractivity contribution in [2.24, 2.45) is 0 Å². The Morgan fingerprint density at radius 3 is 2.72 bits per heavy atom. The number of imidazole rings is 1. The monoisotopic (exact) mass is 247 g/mol. The number of nitrogens with one attached hydrogen (secondary N) is 1. The van der Waals surface area contributed by atoms with E-state index in [4.69, 9.17) is 0 Å². The third kappa shape index (κ3) is 3.96. The number of rotatable bonds is 6. The minimum absolute atomic E-state index is 0.186. The van der Waals surface area contributed by atoms with Gasteiger partial charge in [-0.3, -0.25) is 0 Å². The van der Waals surface area contributed by atoms with Crippen LogP contribution in [0.4, 0.5) is 4.39 Å². The number of aryl methyl sites for hydroxylation is 2. The molecule has 0 atom stereocenters. The fourth-order valence-electron chi connectivity index (χ4n) is 1.82. The van der Waals surface area contributed by atoms with Crippen molar-refractivity contribution in [1.82, 2.24) is 14.9 Å². The number of halogens is 1. The van der Waals surface area contributed by atoms with E-state index >= 15 is 0 Å². The summed E-state index contributed by atoms with van der Waals surface area (Å²) in [7, 11) is 0. The Balaban J connectivity index is 1.63. The Labute approximate surface area is 107 Å². The van der Waals surface area contributed by atoms with Gasteiger partial charge in [-0.2, -0.15) is 0 Å². The molecular weight excluding hydrogens is 229 g/mol. The van der Waals surface area contributed by atoms with Crippen molar-refractivity contribution >= 4 is 0 Å². The maximum absolute atomic E-state index is 12.7. The Morgan fingerprint density at radius 2 is 2.06 bits per heavy atom. The standard InChI is InChI=1S/C14H18FN3/c1-12-10-18(11-17-12)8-2-7-16-9-13-3-5-14(15)6-4-13/h3-6,10-11,16H,2,7-9H2,1H3. The first-order valence-electron chi connectivity index (χ1n) is 6.17. The average Bonchev–Trinajstić information content (AvgIpc) is 2.77. The van der Waals surface area contributed by atoms with E-state index in [0.29, 0.717) is 0 Å². The number of benzene rings is 1. The van der Waals surface area contributed by atoms with Crippen LogP contribution in [0.2, 0.25) is 0 Å². The Bertz CT molecular complexity index is 476. The molecule has 1 aromatic heterocycles. The molecule has 1 N–H and O–H groups in total. The van der Waals surface area contributed by atoms with Crippen LogP contribution in [0.3, 0.4) is 0 Å². The van der Waals surface area contributed by atoms with Gasteiger partial charge in [-0.1, -0.05) is 12.1 Å². The van der Waals surface area contributed by atoms with Crippen molar-refractivity contribution in [3.8, 4) is 0 Å². The van der Waals surface area contributed by atoms with Crippen molar-refractivity contribution in [2.45, 2.75) is 26.4 Å². The highest BCUT2D eigenvalue weighted by Crippen LogP contribution is 2.02. The second-order valence-electron chi connectivity index (χ2n) is 4.41. The minimum atomic E-state index is -0.186. The molecule has 0 bridgehead atoms. The van der Waals surface area contributed by atoms with Gasteiger partial charge in [0, 0.05) is 19.3 Å². The van der Waals surface area contributed by atoms with Crippen LogP contribution in [0.5, 0.6) is 0 Å². The van der Waals surface area contributed by atoms with E-state index in [1.165, 1.54) is 12.1 Å². The van der Waals surface area contributed by atoms with Crippen LogP contribution in [0.1, 0.15) is 17.7 Å². The lowest BCUT2D eigenvalue weighted by molar-refractivity contribution is 0.579. The van der Waals surface area contributed by atoms with Crippen molar-refractivity contribution < 1.29 is 4.39 Å². The van der Waals surface area contributed by atoms with Crippen LogP contribution in [-0.2, 0) is 13.1 Å². The predicted octanol–water partition coefficient (Wildman–Crippen LogP) is 2.51. The Hall–Kier alpha value is -1.68. The van der Waals surface area contributed by atoms with Gasteiger partial charge in [0.05, 0.1) is 12.0 Å². The van der Waals surface area contributed by atoms with Gasteiger partial charge in [-0.25, -0.2) is 9.37 Å². The molecule has 1 heterocycles. The summed E-state index contributed by atoms with van der Waals surface area (Å²) in [5.74, 6) is -0.186. The third-order valence-corrected chi connectivity index (χ3v) is 2.77.